The number of para-hydroxylation sites is 1. The van der Waals surface area contributed by atoms with E-state index in [4.69, 9.17) is 18.1 Å². The number of pyridine rings is 2. The van der Waals surface area contributed by atoms with Crippen LogP contribution in [0.15, 0.2) is 138 Å². The second-order valence-electron chi connectivity index (χ2n) is 15.6. The second kappa shape index (κ2) is 16.9. The van der Waals surface area contributed by atoms with Gasteiger partial charge in [-0.25, -0.2) is 0 Å². The summed E-state index contributed by atoms with van der Waals surface area (Å²) in [5.41, 5.74) is 7.73. The monoisotopic (exact) mass is 921 g/mol. The predicted octanol–water partition coefficient (Wildman–Crippen LogP) is 14.1. The maximum atomic E-state index is 8.51. The number of hydrogen-bond donors (Lipinski definition) is 0. The molecule has 0 amide bonds. The Morgan fingerprint density at radius 1 is 0.661 bits per heavy atom. The van der Waals surface area contributed by atoms with Crippen molar-refractivity contribution >= 4 is 21.9 Å². The second-order valence-corrected chi connectivity index (χ2v) is 15.6. The smallest absolute Gasteiger partial charge is 0.120 e. The van der Waals surface area contributed by atoms with Crippen LogP contribution in [0.1, 0.15) is 77.5 Å². The number of fused-ring (bicyclic) bond motifs is 3. The Kier molecular flexibility index (Phi) is 8.80. The molecule has 0 saturated carbocycles. The molecule has 3 nitrogen and oxygen atoms in total. The van der Waals surface area contributed by atoms with Crippen LogP contribution in [0.5, 0.6) is 0 Å². The maximum Gasteiger partial charge on any atom is 0.120 e. The summed E-state index contributed by atoms with van der Waals surface area (Å²) in [7, 11) is 0. The van der Waals surface area contributed by atoms with E-state index in [-0.39, 0.29) is 31.2 Å². The summed E-state index contributed by atoms with van der Waals surface area (Å²) in [6.07, 6.45) is 0.0997. The average Bonchev–Trinajstić information content (AvgIpc) is 3.64. The summed E-state index contributed by atoms with van der Waals surface area (Å²) in [5.74, 6) is 0. The molecule has 8 aromatic rings. The first-order valence-electron chi connectivity index (χ1n) is 23.3. The van der Waals surface area contributed by atoms with E-state index in [9.17, 15) is 0 Å². The number of aryl methyl sites for hydroxylation is 2. The molecule has 0 atom stereocenters. The first-order chi connectivity index (χ1) is 30.3. The van der Waals surface area contributed by atoms with Gasteiger partial charge in [-0.1, -0.05) is 150 Å². The van der Waals surface area contributed by atoms with Crippen LogP contribution in [-0.2, 0) is 32.9 Å². The van der Waals surface area contributed by atoms with Crippen molar-refractivity contribution in [3.8, 4) is 44.8 Å². The standard InChI is InChI=1S/C28H24NO.C24H26N.Ir/c1-28(2,3)18-19-11-13-20(14-12-19)21-15-16-29-25(17-21)24-9-6-8-23-22-7-4-5-10-26(22)30-27(23)24;1-17-6-13-23(25-16-17)21-10-7-18(2)22(14-21)20-11-8-19(9-12-20)15-24(3,4)5;/h4-8,10-17H,18H2,1-3H3;6-9,11-14,16H,15H2,1-5H3;/q2*-1;/i18D2;1D3,2D3,15D2;. The quantitative estimate of drug-likeness (QED) is 0.156. The van der Waals surface area contributed by atoms with Gasteiger partial charge in [-0.05, 0) is 87.3 Å². The third-order valence-corrected chi connectivity index (χ3v) is 8.80. The van der Waals surface area contributed by atoms with Gasteiger partial charge in [-0.2, -0.15) is 0 Å². The van der Waals surface area contributed by atoms with Gasteiger partial charge in [0.05, 0.1) is 5.58 Å². The molecule has 0 aliphatic heterocycles. The van der Waals surface area contributed by atoms with E-state index >= 15 is 0 Å². The summed E-state index contributed by atoms with van der Waals surface area (Å²) in [6, 6.07) is 42.9. The number of nitrogens with zero attached hydrogens (tertiary/aromatic N) is 2. The van der Waals surface area contributed by atoms with Crippen LogP contribution in [0, 0.1) is 36.7 Å². The number of aromatic nitrogens is 2. The molecule has 1 radical (unpaired) electrons. The fourth-order valence-electron chi connectivity index (χ4n) is 6.40. The summed E-state index contributed by atoms with van der Waals surface area (Å²) >= 11 is 0. The van der Waals surface area contributed by atoms with E-state index in [0.29, 0.717) is 33.5 Å². The Balaban J connectivity index is 0.000000215. The van der Waals surface area contributed by atoms with Gasteiger partial charge in [0.1, 0.15) is 5.58 Å². The van der Waals surface area contributed by atoms with Gasteiger partial charge >= 0.3 is 0 Å². The molecule has 0 bridgehead atoms. The fourth-order valence-corrected chi connectivity index (χ4v) is 6.40. The van der Waals surface area contributed by atoms with Crippen LogP contribution in [0.4, 0.5) is 0 Å². The summed E-state index contributed by atoms with van der Waals surface area (Å²) in [5, 5.41) is 2.13. The molecule has 5 aromatic carbocycles. The number of rotatable bonds is 6. The first kappa shape index (κ1) is 29.1. The summed E-state index contributed by atoms with van der Waals surface area (Å²) < 4.78 is 86.4. The maximum absolute atomic E-state index is 8.51. The molecule has 4 heteroatoms. The largest absolute Gasteiger partial charge is 0.501 e. The van der Waals surface area contributed by atoms with Crippen molar-refractivity contribution in [2.45, 2.75) is 68.0 Å². The number of hydrogen-bond acceptors (Lipinski definition) is 3. The average molecular weight is 921 g/mol. The van der Waals surface area contributed by atoms with Crippen molar-refractivity contribution in [3.63, 3.8) is 0 Å². The Morgan fingerprint density at radius 2 is 1.36 bits per heavy atom. The zero-order valence-electron chi connectivity index (χ0n) is 42.3. The third kappa shape index (κ3) is 9.80. The first-order valence-corrected chi connectivity index (χ1v) is 18.3. The molecule has 0 spiro atoms. The molecule has 0 saturated heterocycles. The minimum atomic E-state index is -2.37. The molecule has 285 valence electrons. The molecular weight excluding hydrogens is 861 g/mol. The minimum absolute atomic E-state index is 0. The molecule has 8 rings (SSSR count). The van der Waals surface area contributed by atoms with Crippen molar-refractivity contribution in [2.24, 2.45) is 10.8 Å². The van der Waals surface area contributed by atoms with Crippen molar-refractivity contribution in [1.82, 2.24) is 9.97 Å². The van der Waals surface area contributed by atoms with Crippen LogP contribution < -0.4 is 0 Å². The Hall–Kier alpha value is -5.15. The van der Waals surface area contributed by atoms with E-state index in [0.717, 1.165) is 44.3 Å². The van der Waals surface area contributed by atoms with Gasteiger partial charge in [0.2, 0.25) is 0 Å². The predicted molar refractivity (Wildman–Crippen MR) is 231 cm³/mol. The molecular formula is C52H50IrN2O-2. The van der Waals surface area contributed by atoms with Crippen molar-refractivity contribution < 1.29 is 38.2 Å². The Labute approximate surface area is 360 Å². The van der Waals surface area contributed by atoms with Gasteiger partial charge in [-0.15, -0.1) is 47.5 Å². The zero-order valence-corrected chi connectivity index (χ0v) is 34.7. The van der Waals surface area contributed by atoms with Gasteiger partial charge in [0, 0.05) is 51.6 Å². The molecule has 0 aliphatic carbocycles. The molecule has 0 aliphatic rings. The topological polar surface area (TPSA) is 38.9 Å². The van der Waals surface area contributed by atoms with Gasteiger partial charge in [-0.3, -0.25) is 0 Å². The minimum Gasteiger partial charge on any atom is -0.501 e. The zero-order chi connectivity index (χ0) is 47.3. The Bertz CT molecular complexity index is 2960. The van der Waals surface area contributed by atoms with E-state index < -0.39 is 37.3 Å². The van der Waals surface area contributed by atoms with Crippen LogP contribution >= 0.6 is 0 Å². The molecule has 3 aromatic heterocycles. The summed E-state index contributed by atoms with van der Waals surface area (Å²) in [6.45, 7) is 6.63. The SMILES string of the molecule is [2H]C([2H])([2H])c1ccc(-c2[c-]cc(C([2H])([2H])[2H])c(-c3ccc(C([2H])([2H])C(C)(C)C)cc3)c2)nc1.[2H]C([2H])(c1ccc(-c2ccnc(-c3[c-]ccc4c3oc3ccccc34)c2)cc1)C(C)(C)C.[Ir]. The molecule has 56 heavy (non-hydrogen) atoms. The fraction of sp³-hybridized carbons (Fsp3) is 0.231. The molecule has 0 N–H and O–H groups in total. The number of furan rings is 1. The van der Waals surface area contributed by atoms with Crippen molar-refractivity contribution in [3.05, 3.63) is 168 Å². The van der Waals surface area contributed by atoms with E-state index in [1.807, 2.05) is 108 Å². The van der Waals surface area contributed by atoms with E-state index in [1.54, 1.807) is 42.6 Å². The molecule has 0 fully saturated rings. The van der Waals surface area contributed by atoms with Gasteiger partial charge < -0.3 is 14.4 Å². The third-order valence-electron chi connectivity index (χ3n) is 8.80. The summed E-state index contributed by atoms with van der Waals surface area (Å²) in [4.78, 5) is 8.83. The number of benzene rings is 5. The van der Waals surface area contributed by atoms with E-state index in [1.165, 1.54) is 18.3 Å². The van der Waals surface area contributed by atoms with Crippen LogP contribution in [0.25, 0.3) is 66.7 Å². The van der Waals surface area contributed by atoms with E-state index in [2.05, 4.69) is 28.2 Å². The Morgan fingerprint density at radius 3 is 2.00 bits per heavy atom. The van der Waals surface area contributed by atoms with Crippen molar-refractivity contribution in [1.29, 1.82) is 0 Å². The van der Waals surface area contributed by atoms with Crippen LogP contribution in [0.3, 0.4) is 0 Å². The van der Waals surface area contributed by atoms with Crippen LogP contribution in [0.2, 0.25) is 0 Å². The van der Waals surface area contributed by atoms with Crippen LogP contribution in [-0.4, -0.2) is 9.97 Å². The van der Waals surface area contributed by atoms with Gasteiger partial charge in [0.25, 0.3) is 0 Å². The van der Waals surface area contributed by atoms with Crippen molar-refractivity contribution in [2.75, 3.05) is 0 Å². The molecule has 0 unspecified atom stereocenters. The normalized spacial score (nSPS) is 15.2. The molecule has 3 heterocycles. The van der Waals surface area contributed by atoms with Gasteiger partial charge in [0.15, 0.2) is 0 Å².